The monoisotopic (exact) mass is 359 g/mol. The first-order chi connectivity index (χ1) is 11.5. The average Bonchev–Trinajstić information content (AvgIpc) is 2.91. The Kier molecular flexibility index (Phi) is 5.29. The molecule has 0 unspecified atom stereocenters. The van der Waals surface area contributed by atoms with Crippen molar-refractivity contribution in [3.05, 3.63) is 28.8 Å². The van der Waals surface area contributed by atoms with Crippen LogP contribution in [0.4, 0.5) is 13.2 Å². The van der Waals surface area contributed by atoms with Crippen LogP contribution in [0.3, 0.4) is 0 Å². The number of aliphatic carboxylic acids is 1. The normalized spacial score (nSPS) is 20.6. The van der Waals surface area contributed by atoms with Crippen LogP contribution in [0.1, 0.15) is 16.7 Å². The zero-order valence-corrected chi connectivity index (χ0v) is 14.2. The van der Waals surface area contributed by atoms with Crippen LogP contribution >= 0.6 is 0 Å². The van der Waals surface area contributed by atoms with Gasteiger partial charge in [-0.05, 0) is 31.9 Å². The third-order valence-electron chi connectivity index (χ3n) is 4.35. The van der Waals surface area contributed by atoms with E-state index in [0.29, 0.717) is 5.75 Å². The number of amides is 1. The Morgan fingerprint density at radius 2 is 1.76 bits per heavy atom. The van der Waals surface area contributed by atoms with Crippen molar-refractivity contribution in [3.63, 3.8) is 0 Å². The third-order valence-corrected chi connectivity index (χ3v) is 4.35. The van der Waals surface area contributed by atoms with Gasteiger partial charge in [0.15, 0.2) is 6.61 Å². The van der Waals surface area contributed by atoms with Crippen molar-refractivity contribution in [2.45, 2.75) is 26.9 Å². The van der Waals surface area contributed by atoms with Crippen molar-refractivity contribution in [3.8, 4) is 5.75 Å². The fourth-order valence-electron chi connectivity index (χ4n) is 3.21. The summed E-state index contributed by atoms with van der Waals surface area (Å²) in [7, 11) is 0. The molecular formula is C17H20F3NO4. The number of hydrogen-bond donors (Lipinski definition) is 1. The summed E-state index contributed by atoms with van der Waals surface area (Å²) in [5, 5.41) is 8.98. The van der Waals surface area contributed by atoms with Crippen LogP contribution in [0.25, 0.3) is 0 Å². The molecule has 1 aliphatic heterocycles. The van der Waals surface area contributed by atoms with Gasteiger partial charge in [-0.1, -0.05) is 17.7 Å². The third kappa shape index (κ3) is 4.24. The summed E-state index contributed by atoms with van der Waals surface area (Å²) in [6.45, 7) is 4.00. The van der Waals surface area contributed by atoms with E-state index in [9.17, 15) is 22.8 Å². The van der Waals surface area contributed by atoms with Crippen molar-refractivity contribution in [1.29, 1.82) is 0 Å². The lowest BCUT2D eigenvalue weighted by molar-refractivity contribution is -0.188. The molecule has 5 nitrogen and oxygen atoms in total. The minimum atomic E-state index is -4.66. The summed E-state index contributed by atoms with van der Waals surface area (Å²) in [5.41, 5.74) is 2.68. The molecule has 8 heteroatoms. The zero-order valence-electron chi connectivity index (χ0n) is 14.2. The van der Waals surface area contributed by atoms with Gasteiger partial charge in [-0.2, -0.15) is 13.2 Å². The molecule has 1 aromatic carbocycles. The van der Waals surface area contributed by atoms with E-state index in [1.165, 1.54) is 0 Å². The SMILES string of the molecule is Cc1cc(C)c(OCC(=O)N2C[C@@H](C(F)(F)F)[C@H](C(=O)O)C2)c(C)c1. The number of carbonyl (C=O) groups excluding carboxylic acids is 1. The number of carboxylic acids is 1. The highest BCUT2D eigenvalue weighted by molar-refractivity contribution is 5.80. The minimum Gasteiger partial charge on any atom is -0.483 e. The predicted octanol–water partition coefficient (Wildman–Crippen LogP) is 2.71. The number of carboxylic acid groups (broad SMARTS) is 1. The standard InChI is InChI=1S/C17H20F3NO4/c1-9-4-10(2)15(11(3)5-9)25-8-14(22)21-6-12(16(23)24)13(7-21)17(18,19)20/h4-5,12-13H,6-8H2,1-3H3,(H,23,24)/t12-,13-/m1/s1. The quantitative estimate of drug-likeness (QED) is 0.898. The molecule has 1 amide bonds. The molecule has 0 aromatic heterocycles. The first-order valence-corrected chi connectivity index (χ1v) is 7.78. The highest BCUT2D eigenvalue weighted by Crippen LogP contribution is 2.37. The second-order valence-electron chi connectivity index (χ2n) is 6.41. The number of alkyl halides is 3. The lowest BCUT2D eigenvalue weighted by atomic mass is 9.96. The molecule has 0 spiro atoms. The summed E-state index contributed by atoms with van der Waals surface area (Å²) in [4.78, 5) is 24.2. The number of aryl methyl sites for hydroxylation is 3. The number of likely N-dealkylation sites (tertiary alicyclic amines) is 1. The highest BCUT2D eigenvalue weighted by Gasteiger charge is 2.53. The summed E-state index contributed by atoms with van der Waals surface area (Å²) in [6, 6.07) is 3.76. The Bertz CT molecular complexity index is 664. The first-order valence-electron chi connectivity index (χ1n) is 7.78. The molecule has 138 valence electrons. The molecule has 0 radical (unpaired) electrons. The van der Waals surface area contributed by atoms with Gasteiger partial charge >= 0.3 is 12.1 Å². The Balaban J connectivity index is 2.06. The maximum Gasteiger partial charge on any atom is 0.394 e. The van der Waals surface area contributed by atoms with Crippen LogP contribution in [0.2, 0.25) is 0 Å². The highest BCUT2D eigenvalue weighted by atomic mass is 19.4. The lowest BCUT2D eigenvalue weighted by Gasteiger charge is -2.19. The zero-order chi connectivity index (χ0) is 18.9. The van der Waals surface area contributed by atoms with Gasteiger partial charge in [-0.3, -0.25) is 9.59 Å². The number of hydrogen-bond acceptors (Lipinski definition) is 3. The molecule has 0 saturated carbocycles. The van der Waals surface area contributed by atoms with Crippen LogP contribution in [0, 0.1) is 32.6 Å². The maximum atomic E-state index is 13.0. The molecule has 2 atom stereocenters. The number of rotatable bonds is 4. The molecule has 0 aliphatic carbocycles. The number of halogens is 3. The number of ether oxygens (including phenoxy) is 1. The van der Waals surface area contributed by atoms with Gasteiger partial charge in [-0.15, -0.1) is 0 Å². The van der Waals surface area contributed by atoms with Crippen LogP contribution in [0.15, 0.2) is 12.1 Å². The van der Waals surface area contributed by atoms with Gasteiger partial charge in [0.05, 0.1) is 11.8 Å². The van der Waals surface area contributed by atoms with Crippen LogP contribution in [-0.2, 0) is 9.59 Å². The maximum absolute atomic E-state index is 13.0. The second-order valence-corrected chi connectivity index (χ2v) is 6.41. The Labute approximate surface area is 143 Å². The molecule has 1 N–H and O–H groups in total. The van der Waals surface area contributed by atoms with E-state index in [4.69, 9.17) is 9.84 Å². The molecule has 0 bridgehead atoms. The minimum absolute atomic E-state index is 0.429. The van der Waals surface area contributed by atoms with E-state index < -0.39 is 49.6 Å². The molecule has 1 aliphatic rings. The van der Waals surface area contributed by atoms with E-state index in [-0.39, 0.29) is 0 Å². The summed E-state index contributed by atoms with van der Waals surface area (Å²) in [5.74, 6) is -5.40. The van der Waals surface area contributed by atoms with Gasteiger partial charge in [0.25, 0.3) is 5.91 Å². The van der Waals surface area contributed by atoms with E-state index in [0.717, 1.165) is 21.6 Å². The van der Waals surface area contributed by atoms with Gasteiger partial charge in [0.2, 0.25) is 0 Å². The fourth-order valence-corrected chi connectivity index (χ4v) is 3.21. The summed E-state index contributed by atoms with van der Waals surface area (Å²) in [6.07, 6.45) is -4.66. The van der Waals surface area contributed by atoms with Crippen LogP contribution in [0.5, 0.6) is 5.75 Å². The fraction of sp³-hybridized carbons (Fsp3) is 0.529. The molecule has 1 aromatic rings. The van der Waals surface area contributed by atoms with Crippen molar-refractivity contribution < 1.29 is 32.6 Å². The molecule has 1 fully saturated rings. The molecule has 1 heterocycles. The molecule has 25 heavy (non-hydrogen) atoms. The molecule has 1 saturated heterocycles. The average molecular weight is 359 g/mol. The van der Waals surface area contributed by atoms with E-state index in [1.807, 2.05) is 32.9 Å². The summed E-state index contributed by atoms with van der Waals surface area (Å²) < 4.78 is 44.4. The Morgan fingerprint density at radius 1 is 1.20 bits per heavy atom. The van der Waals surface area contributed by atoms with E-state index >= 15 is 0 Å². The summed E-state index contributed by atoms with van der Waals surface area (Å²) >= 11 is 0. The van der Waals surface area contributed by atoms with Gasteiger partial charge in [-0.25, -0.2) is 0 Å². The van der Waals surface area contributed by atoms with Gasteiger partial charge in [0.1, 0.15) is 5.75 Å². The number of nitrogens with zero attached hydrogens (tertiary/aromatic N) is 1. The topological polar surface area (TPSA) is 66.8 Å². The first kappa shape index (κ1) is 19.1. The second kappa shape index (κ2) is 6.93. The smallest absolute Gasteiger partial charge is 0.394 e. The number of carbonyl (C=O) groups is 2. The lowest BCUT2D eigenvalue weighted by Crippen LogP contribution is -2.35. The number of benzene rings is 1. The Hall–Kier alpha value is -2.25. The Morgan fingerprint density at radius 3 is 2.20 bits per heavy atom. The van der Waals surface area contributed by atoms with Crippen molar-refractivity contribution in [1.82, 2.24) is 4.90 Å². The van der Waals surface area contributed by atoms with Gasteiger partial charge < -0.3 is 14.7 Å². The van der Waals surface area contributed by atoms with Gasteiger partial charge in [0, 0.05) is 13.1 Å². The van der Waals surface area contributed by atoms with Crippen molar-refractivity contribution in [2.75, 3.05) is 19.7 Å². The van der Waals surface area contributed by atoms with Crippen molar-refractivity contribution in [2.24, 2.45) is 11.8 Å². The molecule has 2 rings (SSSR count). The molecular weight excluding hydrogens is 339 g/mol. The van der Waals surface area contributed by atoms with Crippen molar-refractivity contribution >= 4 is 11.9 Å². The van der Waals surface area contributed by atoms with Crippen LogP contribution in [-0.4, -0.2) is 47.8 Å². The largest absolute Gasteiger partial charge is 0.483 e. The van der Waals surface area contributed by atoms with E-state index in [1.54, 1.807) is 0 Å². The van der Waals surface area contributed by atoms with E-state index in [2.05, 4.69) is 0 Å². The van der Waals surface area contributed by atoms with Crippen LogP contribution < -0.4 is 4.74 Å². The predicted molar refractivity (Wildman–Crippen MR) is 83.4 cm³/mol.